The van der Waals surface area contributed by atoms with Crippen LogP contribution in [-0.4, -0.2) is 42.5 Å². The number of benzene rings is 2. The van der Waals surface area contributed by atoms with E-state index in [1.807, 2.05) is 37.3 Å². The second-order valence-electron chi connectivity index (χ2n) is 9.19. The van der Waals surface area contributed by atoms with Crippen LogP contribution in [0.25, 0.3) is 0 Å². The molecule has 3 N–H and O–H groups in total. The number of carbonyl (C=O) groups is 3. The lowest BCUT2D eigenvalue weighted by atomic mass is 10.0. The van der Waals surface area contributed by atoms with Gasteiger partial charge in [-0.1, -0.05) is 55.8 Å². The van der Waals surface area contributed by atoms with Crippen LogP contribution in [0.4, 0.5) is 0 Å². The minimum atomic E-state index is -0.898. The maximum absolute atomic E-state index is 13.3. The molecule has 182 valence electrons. The first-order valence-corrected chi connectivity index (χ1v) is 11.9. The van der Waals surface area contributed by atoms with Crippen molar-refractivity contribution < 1.29 is 19.1 Å². The fourth-order valence-electron chi connectivity index (χ4n) is 3.88. The number of hydrogen-bond acceptors (Lipinski definition) is 4. The van der Waals surface area contributed by atoms with Crippen molar-refractivity contribution in [3.63, 3.8) is 0 Å². The van der Waals surface area contributed by atoms with Gasteiger partial charge in [0.1, 0.15) is 24.4 Å². The van der Waals surface area contributed by atoms with Gasteiger partial charge in [-0.2, -0.15) is 0 Å². The number of nitrogens with one attached hydrogen (secondary N) is 3. The van der Waals surface area contributed by atoms with E-state index in [2.05, 4.69) is 29.8 Å². The molecule has 3 rings (SSSR count). The molecule has 0 fully saturated rings. The number of amides is 3. The molecule has 0 saturated carbocycles. The summed E-state index contributed by atoms with van der Waals surface area (Å²) in [7, 11) is 0. The first-order valence-electron chi connectivity index (χ1n) is 11.5. The van der Waals surface area contributed by atoms with Crippen LogP contribution in [0.3, 0.4) is 0 Å². The molecule has 2 aromatic carbocycles. The molecule has 0 spiro atoms. The molecular weight excluding hydrogens is 454 g/mol. The molecule has 34 heavy (non-hydrogen) atoms. The van der Waals surface area contributed by atoms with Crippen LogP contribution in [0.15, 0.2) is 42.5 Å². The molecule has 0 unspecified atom stereocenters. The van der Waals surface area contributed by atoms with Crippen LogP contribution in [-0.2, 0) is 16.0 Å². The zero-order valence-corrected chi connectivity index (χ0v) is 20.7. The predicted molar refractivity (Wildman–Crippen MR) is 132 cm³/mol. The van der Waals surface area contributed by atoms with E-state index >= 15 is 0 Å². The van der Waals surface area contributed by atoms with Crippen LogP contribution in [0.5, 0.6) is 5.75 Å². The van der Waals surface area contributed by atoms with Gasteiger partial charge in [-0.25, -0.2) is 0 Å². The summed E-state index contributed by atoms with van der Waals surface area (Å²) in [6.45, 7) is 7.74. The number of fused-ring (bicyclic) bond motifs is 1. The van der Waals surface area contributed by atoms with Crippen LogP contribution in [0.2, 0.25) is 5.02 Å². The zero-order valence-electron chi connectivity index (χ0n) is 20.0. The lowest BCUT2D eigenvalue weighted by Gasteiger charge is -2.24. The predicted octanol–water partition coefficient (Wildman–Crippen LogP) is 3.42. The molecule has 1 aliphatic heterocycles. The second kappa shape index (κ2) is 11.4. The first-order chi connectivity index (χ1) is 16.1. The third-order valence-electron chi connectivity index (χ3n) is 5.70. The average Bonchev–Trinajstić information content (AvgIpc) is 2.78. The topological polar surface area (TPSA) is 96.5 Å². The summed E-state index contributed by atoms with van der Waals surface area (Å²) in [5.74, 6) is -0.563. The van der Waals surface area contributed by atoms with Crippen molar-refractivity contribution in [2.75, 3.05) is 6.61 Å². The number of carbonyl (C=O) groups excluding carboxylic acids is 3. The number of hydrogen-bond donors (Lipinski definition) is 3. The van der Waals surface area contributed by atoms with E-state index in [0.717, 1.165) is 11.1 Å². The van der Waals surface area contributed by atoms with Gasteiger partial charge in [-0.3, -0.25) is 14.4 Å². The SMILES string of the molecule is Cc1cc2c(cc1Cl)C(=O)N[C@@H](Cc1ccccc1)C(=O)N[C@@H](C)C(=O)N[C@@H](CC(C)C)CO2. The van der Waals surface area contributed by atoms with Crippen LogP contribution < -0.4 is 20.7 Å². The van der Waals surface area contributed by atoms with Crippen molar-refractivity contribution >= 4 is 29.3 Å². The van der Waals surface area contributed by atoms with E-state index in [-0.39, 0.29) is 30.5 Å². The highest BCUT2D eigenvalue weighted by molar-refractivity contribution is 6.31. The minimum absolute atomic E-state index is 0.180. The van der Waals surface area contributed by atoms with Gasteiger partial charge < -0.3 is 20.7 Å². The summed E-state index contributed by atoms with van der Waals surface area (Å²) in [5.41, 5.74) is 1.87. The summed E-state index contributed by atoms with van der Waals surface area (Å²) in [6, 6.07) is 10.7. The van der Waals surface area contributed by atoms with E-state index in [0.29, 0.717) is 23.1 Å². The first kappa shape index (κ1) is 25.6. The van der Waals surface area contributed by atoms with Crippen molar-refractivity contribution in [1.29, 1.82) is 0 Å². The van der Waals surface area contributed by atoms with E-state index in [1.54, 1.807) is 19.1 Å². The fraction of sp³-hybridized carbons (Fsp3) is 0.423. The largest absolute Gasteiger partial charge is 0.491 e. The van der Waals surface area contributed by atoms with Crippen molar-refractivity contribution in [1.82, 2.24) is 16.0 Å². The minimum Gasteiger partial charge on any atom is -0.491 e. The van der Waals surface area contributed by atoms with Gasteiger partial charge in [0.15, 0.2) is 0 Å². The molecule has 0 aromatic heterocycles. The lowest BCUT2D eigenvalue weighted by molar-refractivity contribution is -0.130. The van der Waals surface area contributed by atoms with Crippen LogP contribution >= 0.6 is 11.6 Å². The molecular formula is C26H32ClN3O4. The standard InChI is InChI=1S/C26H32ClN3O4/c1-15(2)10-19-14-34-23-11-16(3)21(27)13-20(23)25(32)30-22(12-18-8-6-5-7-9-18)26(33)28-17(4)24(31)29-19/h5-9,11,13,15,17,19,22H,10,12,14H2,1-4H3,(H,28,33)(H,29,31)(H,30,32)/t17-,19-,22-/m0/s1. The number of aryl methyl sites for hydroxylation is 1. The van der Waals surface area contributed by atoms with Crippen molar-refractivity contribution in [2.45, 2.75) is 58.7 Å². The third kappa shape index (κ3) is 6.73. The summed E-state index contributed by atoms with van der Waals surface area (Å²) in [5, 5.41) is 8.96. The normalized spacial score (nSPS) is 21.7. The molecule has 0 saturated heterocycles. The third-order valence-corrected chi connectivity index (χ3v) is 6.11. The average molecular weight is 486 g/mol. The quantitative estimate of drug-likeness (QED) is 0.618. The number of rotatable bonds is 4. The summed E-state index contributed by atoms with van der Waals surface area (Å²) in [4.78, 5) is 39.3. The molecule has 0 radical (unpaired) electrons. The molecule has 3 amide bonds. The smallest absolute Gasteiger partial charge is 0.255 e. The van der Waals surface area contributed by atoms with Gasteiger partial charge in [0.25, 0.3) is 5.91 Å². The zero-order chi connectivity index (χ0) is 24.8. The summed E-state index contributed by atoms with van der Waals surface area (Å²) in [6.07, 6.45) is 0.940. The lowest BCUT2D eigenvalue weighted by Crippen LogP contribution is -2.54. The maximum atomic E-state index is 13.3. The Kier molecular flexibility index (Phi) is 8.56. The number of ether oxygens (including phenoxy) is 1. The second-order valence-corrected chi connectivity index (χ2v) is 9.60. The Morgan fingerprint density at radius 3 is 2.41 bits per heavy atom. The van der Waals surface area contributed by atoms with Gasteiger partial charge in [-0.15, -0.1) is 0 Å². The van der Waals surface area contributed by atoms with Crippen LogP contribution in [0.1, 0.15) is 48.7 Å². The molecule has 2 aromatic rings. The summed E-state index contributed by atoms with van der Waals surface area (Å²) >= 11 is 6.32. The highest BCUT2D eigenvalue weighted by Gasteiger charge is 2.29. The Labute approximate surface area is 205 Å². The Morgan fingerprint density at radius 1 is 1.03 bits per heavy atom. The highest BCUT2D eigenvalue weighted by Crippen LogP contribution is 2.27. The van der Waals surface area contributed by atoms with E-state index in [1.165, 1.54) is 0 Å². The molecule has 3 atom stereocenters. The van der Waals surface area contributed by atoms with Crippen molar-refractivity contribution in [3.8, 4) is 5.75 Å². The Bertz CT molecular complexity index is 1040. The molecule has 1 aliphatic rings. The van der Waals surface area contributed by atoms with Gasteiger partial charge in [-0.05, 0) is 49.4 Å². The van der Waals surface area contributed by atoms with Gasteiger partial charge in [0.05, 0.1) is 11.6 Å². The van der Waals surface area contributed by atoms with Crippen molar-refractivity contribution in [3.05, 3.63) is 64.2 Å². The molecule has 1 heterocycles. The summed E-state index contributed by atoms with van der Waals surface area (Å²) < 4.78 is 6.05. The van der Waals surface area contributed by atoms with E-state index < -0.39 is 23.9 Å². The monoisotopic (exact) mass is 485 g/mol. The van der Waals surface area contributed by atoms with Crippen LogP contribution in [0, 0.1) is 12.8 Å². The van der Waals surface area contributed by atoms with Gasteiger partial charge in [0.2, 0.25) is 11.8 Å². The molecule has 8 heteroatoms. The fourth-order valence-corrected chi connectivity index (χ4v) is 4.04. The van der Waals surface area contributed by atoms with Gasteiger partial charge >= 0.3 is 0 Å². The van der Waals surface area contributed by atoms with Crippen molar-refractivity contribution in [2.24, 2.45) is 5.92 Å². The molecule has 0 bridgehead atoms. The highest BCUT2D eigenvalue weighted by atomic mass is 35.5. The Balaban J connectivity index is 1.99. The maximum Gasteiger partial charge on any atom is 0.255 e. The van der Waals surface area contributed by atoms with E-state index in [9.17, 15) is 14.4 Å². The van der Waals surface area contributed by atoms with E-state index in [4.69, 9.17) is 16.3 Å². The number of halogens is 1. The van der Waals surface area contributed by atoms with Gasteiger partial charge in [0, 0.05) is 11.4 Å². The molecule has 7 nitrogen and oxygen atoms in total. The Hall–Kier alpha value is -3.06. The Morgan fingerprint density at radius 2 is 1.74 bits per heavy atom. The molecule has 0 aliphatic carbocycles.